The predicted molar refractivity (Wildman–Crippen MR) is 132 cm³/mol. The standard InChI is InChI=1S/C23H34ClN7O3/c24-16-4-6-17(7-5-16)29-20(33)21(34)30-18-8-12-31(23(14-18)9-2-1-3-10-23)13-11-27-19(32)15-28-22(25)26/h4-7,18H,1-3,8-15H2,(H,27,32)(H,29,33)(H,30,34)(H4,25,26,28). The van der Waals surface area contributed by atoms with Gasteiger partial charge in [-0.1, -0.05) is 30.9 Å². The lowest BCUT2D eigenvalue weighted by Crippen LogP contribution is -2.60. The minimum absolute atomic E-state index is 0.0360. The zero-order valence-electron chi connectivity index (χ0n) is 19.3. The minimum Gasteiger partial charge on any atom is -0.370 e. The molecule has 1 aromatic carbocycles. The van der Waals surface area contributed by atoms with E-state index in [0.29, 0.717) is 23.8 Å². The third-order valence-corrected chi connectivity index (χ3v) is 6.83. The molecule has 2 aliphatic rings. The van der Waals surface area contributed by atoms with E-state index in [2.05, 4.69) is 25.8 Å². The number of rotatable bonds is 7. The van der Waals surface area contributed by atoms with E-state index in [1.54, 1.807) is 24.3 Å². The second-order valence-electron chi connectivity index (χ2n) is 8.99. The van der Waals surface area contributed by atoms with E-state index >= 15 is 0 Å². The van der Waals surface area contributed by atoms with Gasteiger partial charge in [-0.25, -0.2) is 4.99 Å². The van der Waals surface area contributed by atoms with E-state index in [1.807, 2.05) is 0 Å². The molecule has 1 spiro atoms. The van der Waals surface area contributed by atoms with Crippen LogP contribution in [0.25, 0.3) is 0 Å². The zero-order chi connectivity index (χ0) is 24.6. The topological polar surface area (TPSA) is 155 Å². The van der Waals surface area contributed by atoms with Gasteiger partial charge in [0, 0.05) is 41.9 Å². The van der Waals surface area contributed by atoms with Gasteiger partial charge in [-0.3, -0.25) is 19.3 Å². The molecule has 1 aromatic rings. The van der Waals surface area contributed by atoms with Crippen LogP contribution in [0.4, 0.5) is 5.69 Å². The Balaban J connectivity index is 1.53. The molecule has 3 amide bonds. The summed E-state index contributed by atoms with van der Waals surface area (Å²) in [5, 5.41) is 8.96. The fourth-order valence-corrected chi connectivity index (χ4v) is 5.09. The van der Waals surface area contributed by atoms with Gasteiger partial charge in [-0.05, 0) is 49.9 Å². The summed E-state index contributed by atoms with van der Waals surface area (Å²) in [5.74, 6) is -1.65. The summed E-state index contributed by atoms with van der Waals surface area (Å²) in [6.07, 6.45) is 7.07. The Morgan fingerprint density at radius 1 is 1.09 bits per heavy atom. The molecule has 1 atom stereocenters. The quantitative estimate of drug-likeness (QED) is 0.217. The molecule has 1 unspecified atom stereocenters. The Bertz CT molecular complexity index is 896. The van der Waals surface area contributed by atoms with Gasteiger partial charge in [0.15, 0.2) is 5.96 Å². The lowest BCUT2D eigenvalue weighted by Gasteiger charge is -2.52. The number of carbonyl (C=O) groups excluding carboxylic acids is 3. The van der Waals surface area contributed by atoms with Crippen LogP contribution in [0.5, 0.6) is 0 Å². The summed E-state index contributed by atoms with van der Waals surface area (Å²) in [7, 11) is 0. The number of carbonyl (C=O) groups is 3. The van der Waals surface area contributed by atoms with Crippen LogP contribution in [-0.4, -0.2) is 66.3 Å². The second-order valence-corrected chi connectivity index (χ2v) is 9.42. The summed E-state index contributed by atoms with van der Waals surface area (Å²) in [4.78, 5) is 43.0. The molecule has 11 heteroatoms. The van der Waals surface area contributed by atoms with Crippen LogP contribution in [0.1, 0.15) is 44.9 Å². The van der Waals surface area contributed by atoms with Crippen molar-refractivity contribution in [3.8, 4) is 0 Å². The van der Waals surface area contributed by atoms with Crippen LogP contribution in [0.2, 0.25) is 5.02 Å². The molecule has 1 heterocycles. The number of anilines is 1. The van der Waals surface area contributed by atoms with Crippen molar-refractivity contribution in [1.29, 1.82) is 0 Å². The maximum atomic E-state index is 12.6. The Morgan fingerprint density at radius 2 is 1.79 bits per heavy atom. The van der Waals surface area contributed by atoms with Gasteiger partial charge < -0.3 is 27.4 Å². The van der Waals surface area contributed by atoms with E-state index in [9.17, 15) is 14.4 Å². The molecular formula is C23H34ClN7O3. The number of piperidine rings is 1. The van der Waals surface area contributed by atoms with Gasteiger partial charge >= 0.3 is 11.8 Å². The van der Waals surface area contributed by atoms with Crippen LogP contribution < -0.4 is 27.4 Å². The number of amides is 3. The maximum absolute atomic E-state index is 12.6. The molecule has 0 radical (unpaired) electrons. The van der Waals surface area contributed by atoms with E-state index in [1.165, 1.54) is 6.42 Å². The summed E-state index contributed by atoms with van der Waals surface area (Å²) in [6, 6.07) is 6.54. The highest BCUT2D eigenvalue weighted by molar-refractivity contribution is 6.39. The Kier molecular flexibility index (Phi) is 9.12. The molecule has 1 saturated carbocycles. The first-order chi connectivity index (χ1) is 16.3. The van der Waals surface area contributed by atoms with Crippen molar-refractivity contribution in [3.63, 3.8) is 0 Å². The number of hydrogen-bond acceptors (Lipinski definition) is 5. The first-order valence-corrected chi connectivity index (χ1v) is 12.1. The number of nitrogens with one attached hydrogen (secondary N) is 3. The second kappa shape index (κ2) is 12.0. The van der Waals surface area contributed by atoms with Gasteiger partial charge in [0.05, 0.1) is 0 Å². The average molecular weight is 492 g/mol. The van der Waals surface area contributed by atoms with Crippen molar-refractivity contribution < 1.29 is 14.4 Å². The van der Waals surface area contributed by atoms with Crippen LogP contribution in [-0.2, 0) is 14.4 Å². The zero-order valence-corrected chi connectivity index (χ0v) is 20.1. The minimum atomic E-state index is -0.689. The van der Waals surface area contributed by atoms with Crippen molar-refractivity contribution in [1.82, 2.24) is 15.5 Å². The fourth-order valence-electron chi connectivity index (χ4n) is 4.96. The Hall–Kier alpha value is -2.85. The van der Waals surface area contributed by atoms with Crippen molar-refractivity contribution in [2.45, 2.75) is 56.5 Å². The summed E-state index contributed by atoms with van der Waals surface area (Å²) >= 11 is 5.86. The molecule has 1 saturated heterocycles. The lowest BCUT2D eigenvalue weighted by molar-refractivity contribution is -0.137. The molecule has 0 bridgehead atoms. The number of guanidine groups is 1. The fraction of sp³-hybridized carbons (Fsp3) is 0.565. The highest BCUT2D eigenvalue weighted by Gasteiger charge is 2.43. The number of benzene rings is 1. The highest BCUT2D eigenvalue weighted by atomic mass is 35.5. The number of hydrogen-bond donors (Lipinski definition) is 5. The van der Waals surface area contributed by atoms with E-state index < -0.39 is 11.8 Å². The Labute approximate surface area is 204 Å². The van der Waals surface area contributed by atoms with Gasteiger partial charge in [-0.2, -0.15) is 0 Å². The molecule has 7 N–H and O–H groups in total. The number of halogens is 1. The lowest BCUT2D eigenvalue weighted by atomic mass is 9.73. The van der Waals surface area contributed by atoms with E-state index in [0.717, 1.165) is 45.1 Å². The summed E-state index contributed by atoms with van der Waals surface area (Å²) in [6.45, 7) is 1.92. The molecule has 10 nitrogen and oxygen atoms in total. The number of nitrogens with two attached hydrogens (primary N) is 2. The van der Waals surface area contributed by atoms with Crippen LogP contribution in [0.15, 0.2) is 29.3 Å². The third-order valence-electron chi connectivity index (χ3n) is 6.58. The molecule has 186 valence electrons. The molecule has 34 heavy (non-hydrogen) atoms. The highest BCUT2D eigenvalue weighted by Crippen LogP contribution is 2.40. The first-order valence-electron chi connectivity index (χ1n) is 11.7. The molecule has 0 aromatic heterocycles. The van der Waals surface area contributed by atoms with E-state index in [-0.39, 0.29) is 30.0 Å². The molecular weight excluding hydrogens is 458 g/mol. The monoisotopic (exact) mass is 491 g/mol. The van der Waals surface area contributed by atoms with Crippen molar-refractivity contribution in [2.24, 2.45) is 16.5 Å². The first kappa shape index (κ1) is 25.8. The molecule has 1 aliphatic heterocycles. The number of nitrogens with zero attached hydrogens (tertiary/aromatic N) is 2. The Morgan fingerprint density at radius 3 is 2.47 bits per heavy atom. The number of likely N-dealkylation sites (tertiary alicyclic amines) is 1. The van der Waals surface area contributed by atoms with Gasteiger partial charge in [0.25, 0.3) is 0 Å². The summed E-state index contributed by atoms with van der Waals surface area (Å²) < 4.78 is 0. The largest absolute Gasteiger partial charge is 0.370 e. The third kappa shape index (κ3) is 7.33. The SMILES string of the molecule is NC(N)=NCC(=O)NCCN1CCC(NC(=O)C(=O)Nc2ccc(Cl)cc2)CC12CCCCC2. The van der Waals surface area contributed by atoms with Crippen LogP contribution in [0, 0.1) is 0 Å². The van der Waals surface area contributed by atoms with Gasteiger partial charge in [-0.15, -0.1) is 0 Å². The van der Waals surface area contributed by atoms with Crippen LogP contribution in [0.3, 0.4) is 0 Å². The van der Waals surface area contributed by atoms with Crippen LogP contribution >= 0.6 is 11.6 Å². The van der Waals surface area contributed by atoms with Gasteiger partial charge in [0.2, 0.25) is 5.91 Å². The number of aliphatic imine (C=N–C) groups is 1. The average Bonchev–Trinajstić information content (AvgIpc) is 2.81. The normalized spacial score (nSPS) is 19.7. The smallest absolute Gasteiger partial charge is 0.313 e. The van der Waals surface area contributed by atoms with E-state index in [4.69, 9.17) is 23.1 Å². The van der Waals surface area contributed by atoms with Crippen molar-refractivity contribution >= 4 is 41.0 Å². The summed E-state index contributed by atoms with van der Waals surface area (Å²) in [5.41, 5.74) is 11.0. The molecule has 3 rings (SSSR count). The maximum Gasteiger partial charge on any atom is 0.313 e. The predicted octanol–water partition coefficient (Wildman–Crippen LogP) is 0.952. The molecule has 1 aliphatic carbocycles. The van der Waals surface area contributed by atoms with Crippen molar-refractivity contribution in [3.05, 3.63) is 29.3 Å². The van der Waals surface area contributed by atoms with Crippen molar-refractivity contribution in [2.75, 3.05) is 31.5 Å². The molecule has 2 fully saturated rings. The van der Waals surface area contributed by atoms with Gasteiger partial charge in [0.1, 0.15) is 6.54 Å².